The highest BCUT2D eigenvalue weighted by Crippen LogP contribution is 2.30. The molecule has 2 N–H and O–H groups in total. The molecule has 8 nitrogen and oxygen atoms in total. The molecule has 0 radical (unpaired) electrons. The number of carbonyl (C=O) groups excluding carboxylic acids is 2. The van der Waals surface area contributed by atoms with E-state index in [9.17, 15) is 14.7 Å². The molecule has 1 aromatic carbocycles. The van der Waals surface area contributed by atoms with Crippen molar-refractivity contribution in [2.75, 3.05) is 59.2 Å². The summed E-state index contributed by atoms with van der Waals surface area (Å²) in [4.78, 5) is 32.2. The number of likely N-dealkylation sites (N-methyl/N-ethyl adjacent to an activating group) is 1. The maximum atomic E-state index is 13.4. The third kappa shape index (κ3) is 9.24. The lowest BCUT2D eigenvalue weighted by molar-refractivity contribution is -0.134. The molecule has 1 fully saturated rings. The number of nitrogens with zero attached hydrogens (tertiary/aromatic N) is 3. The molecule has 1 aliphatic heterocycles. The van der Waals surface area contributed by atoms with Crippen LogP contribution in [0.2, 0.25) is 0 Å². The summed E-state index contributed by atoms with van der Waals surface area (Å²) in [6, 6.07) is 5.36. The van der Waals surface area contributed by atoms with Crippen LogP contribution in [0.4, 0.5) is 5.69 Å². The first-order valence-corrected chi connectivity index (χ1v) is 14.5. The molecule has 3 atom stereocenters. The Kier molecular flexibility index (Phi) is 11.9. The highest BCUT2D eigenvalue weighted by Gasteiger charge is 2.31. The van der Waals surface area contributed by atoms with E-state index in [0.29, 0.717) is 24.4 Å². The summed E-state index contributed by atoms with van der Waals surface area (Å²) < 4.78 is 6.65. The Balaban J connectivity index is 1.78. The van der Waals surface area contributed by atoms with E-state index in [1.165, 1.54) is 32.1 Å². The van der Waals surface area contributed by atoms with Crippen LogP contribution in [0.15, 0.2) is 18.2 Å². The van der Waals surface area contributed by atoms with Gasteiger partial charge in [-0.3, -0.25) is 9.59 Å². The number of rotatable bonds is 11. The largest absolute Gasteiger partial charge is 0.488 e. The summed E-state index contributed by atoms with van der Waals surface area (Å²) in [5, 5.41) is 12.9. The van der Waals surface area contributed by atoms with Crippen LogP contribution in [0.3, 0.4) is 0 Å². The van der Waals surface area contributed by atoms with Crippen molar-refractivity contribution in [1.82, 2.24) is 14.7 Å². The number of hydrogen-bond acceptors (Lipinski definition) is 6. The van der Waals surface area contributed by atoms with E-state index in [4.69, 9.17) is 4.74 Å². The van der Waals surface area contributed by atoms with E-state index in [0.717, 1.165) is 37.5 Å². The van der Waals surface area contributed by atoms with Gasteiger partial charge in [0.2, 0.25) is 11.8 Å². The van der Waals surface area contributed by atoms with Gasteiger partial charge in [0, 0.05) is 43.2 Å². The minimum atomic E-state index is -0.272. The van der Waals surface area contributed by atoms with Crippen molar-refractivity contribution in [3.63, 3.8) is 0 Å². The molecule has 0 spiro atoms. The summed E-state index contributed by atoms with van der Waals surface area (Å²) in [6.45, 7) is 7.17. The first-order valence-electron chi connectivity index (χ1n) is 14.5. The van der Waals surface area contributed by atoms with Gasteiger partial charge in [0.25, 0.3) is 0 Å². The molecule has 2 aliphatic rings. The fourth-order valence-electron chi connectivity index (χ4n) is 5.70. The first-order chi connectivity index (χ1) is 18.2. The summed E-state index contributed by atoms with van der Waals surface area (Å²) in [6.07, 6.45) is 7.90. The van der Waals surface area contributed by atoms with E-state index >= 15 is 0 Å². The van der Waals surface area contributed by atoms with Gasteiger partial charge in [-0.2, -0.15) is 0 Å². The summed E-state index contributed by atoms with van der Waals surface area (Å²) in [7, 11) is 6.16. The summed E-state index contributed by atoms with van der Waals surface area (Å²) in [5.41, 5.74) is 1.44. The van der Waals surface area contributed by atoms with Crippen molar-refractivity contribution in [1.29, 1.82) is 0 Å². The van der Waals surface area contributed by atoms with Crippen molar-refractivity contribution in [2.24, 2.45) is 11.8 Å². The molecule has 8 heteroatoms. The maximum absolute atomic E-state index is 13.4. The van der Waals surface area contributed by atoms with E-state index in [1.54, 1.807) is 4.90 Å². The number of anilines is 1. The molecule has 1 heterocycles. The van der Waals surface area contributed by atoms with E-state index in [-0.39, 0.29) is 42.9 Å². The van der Waals surface area contributed by atoms with Crippen LogP contribution < -0.4 is 10.1 Å². The molecule has 1 aliphatic carbocycles. The number of fused-ring (bicyclic) bond motifs is 1. The third-order valence-electron chi connectivity index (χ3n) is 8.00. The zero-order chi connectivity index (χ0) is 27.7. The number of hydrogen-bond donors (Lipinski definition) is 2. The topological polar surface area (TPSA) is 85.3 Å². The Bertz CT molecular complexity index is 902. The molecule has 0 unspecified atom stereocenters. The van der Waals surface area contributed by atoms with Gasteiger partial charge in [0.05, 0.1) is 19.1 Å². The second-order valence-electron chi connectivity index (χ2n) is 11.9. The molecule has 3 rings (SSSR count). The van der Waals surface area contributed by atoms with E-state index < -0.39 is 0 Å². The summed E-state index contributed by atoms with van der Waals surface area (Å²) >= 11 is 0. The number of carbonyl (C=O) groups is 2. The number of nitrogens with one attached hydrogen (secondary N) is 1. The fraction of sp³-hybridized carbons (Fsp3) is 0.733. The van der Waals surface area contributed by atoms with Crippen LogP contribution in [-0.2, 0) is 16.0 Å². The van der Waals surface area contributed by atoms with Crippen LogP contribution in [0.1, 0.15) is 64.4 Å². The van der Waals surface area contributed by atoms with Crippen LogP contribution in [-0.4, -0.2) is 97.7 Å². The number of amides is 2. The molecule has 38 heavy (non-hydrogen) atoms. The zero-order valence-electron chi connectivity index (χ0n) is 24.2. The van der Waals surface area contributed by atoms with Gasteiger partial charge in [0.1, 0.15) is 11.9 Å². The second-order valence-corrected chi connectivity index (χ2v) is 11.9. The van der Waals surface area contributed by atoms with Crippen LogP contribution >= 0.6 is 0 Å². The highest BCUT2D eigenvalue weighted by atomic mass is 16.5. The standard InChI is InChI=1S/C30H50N4O4/c1-22-18-34(23(2)21-35)30(37)17-25-16-26(31-29(36)12-9-15-32(3)4)13-14-27(25)38-28(22)20-33(5)19-24-10-7-6-8-11-24/h13-14,16,22-24,28,35H,6-12,15,17-21H2,1-5H3,(H,31,36)/t22-,23-,28-/m1/s1. The predicted molar refractivity (Wildman–Crippen MR) is 152 cm³/mol. The molecular formula is C30H50N4O4. The SMILES string of the molecule is C[C@@H]1CN([C@H](C)CO)C(=O)Cc2cc(NC(=O)CCCN(C)C)ccc2O[C@@H]1CN(C)CC1CCCCC1. The average molecular weight is 531 g/mol. The number of benzene rings is 1. The van der Waals surface area contributed by atoms with Crippen molar-refractivity contribution >= 4 is 17.5 Å². The van der Waals surface area contributed by atoms with Gasteiger partial charge >= 0.3 is 0 Å². The molecule has 2 amide bonds. The Labute approximate surface area is 229 Å². The normalized spacial score (nSPS) is 21.9. The highest BCUT2D eigenvalue weighted by molar-refractivity contribution is 5.91. The average Bonchev–Trinajstić information content (AvgIpc) is 2.91. The van der Waals surface area contributed by atoms with Crippen molar-refractivity contribution < 1.29 is 19.4 Å². The Morgan fingerprint density at radius 3 is 2.61 bits per heavy atom. The quantitative estimate of drug-likeness (QED) is 0.455. The number of aliphatic hydroxyl groups is 1. The van der Waals surface area contributed by atoms with Gasteiger partial charge < -0.3 is 29.9 Å². The molecule has 0 bridgehead atoms. The van der Waals surface area contributed by atoms with Crippen molar-refractivity contribution in [3.8, 4) is 5.75 Å². The van der Waals surface area contributed by atoms with E-state index in [1.807, 2.05) is 39.2 Å². The van der Waals surface area contributed by atoms with Gasteiger partial charge in [-0.25, -0.2) is 0 Å². The minimum Gasteiger partial charge on any atom is -0.488 e. The van der Waals surface area contributed by atoms with Crippen LogP contribution in [0.25, 0.3) is 0 Å². The number of ether oxygens (including phenoxy) is 1. The molecule has 0 saturated heterocycles. The molecular weight excluding hydrogens is 480 g/mol. The molecule has 0 aromatic heterocycles. The Morgan fingerprint density at radius 1 is 1.18 bits per heavy atom. The predicted octanol–water partition coefficient (Wildman–Crippen LogP) is 3.63. The van der Waals surface area contributed by atoms with Crippen LogP contribution in [0.5, 0.6) is 5.75 Å². The van der Waals surface area contributed by atoms with Gasteiger partial charge in [-0.05, 0) is 78.0 Å². The monoisotopic (exact) mass is 530 g/mol. The van der Waals surface area contributed by atoms with Crippen LogP contribution in [0, 0.1) is 11.8 Å². The lowest BCUT2D eigenvalue weighted by Gasteiger charge is -2.35. The van der Waals surface area contributed by atoms with Gasteiger partial charge in [-0.15, -0.1) is 0 Å². The molecule has 214 valence electrons. The summed E-state index contributed by atoms with van der Waals surface area (Å²) in [5.74, 6) is 1.46. The van der Waals surface area contributed by atoms with E-state index in [2.05, 4.69) is 29.1 Å². The lowest BCUT2D eigenvalue weighted by Crippen LogP contribution is -2.48. The molecule has 1 saturated carbocycles. The van der Waals surface area contributed by atoms with Crippen molar-refractivity contribution in [2.45, 2.75) is 77.4 Å². The first kappa shape index (κ1) is 30.4. The van der Waals surface area contributed by atoms with Crippen molar-refractivity contribution in [3.05, 3.63) is 23.8 Å². The second kappa shape index (κ2) is 14.8. The third-order valence-corrected chi connectivity index (χ3v) is 8.00. The zero-order valence-corrected chi connectivity index (χ0v) is 24.2. The Hall–Kier alpha value is -2.16. The van der Waals surface area contributed by atoms with Gasteiger partial charge in [-0.1, -0.05) is 26.2 Å². The maximum Gasteiger partial charge on any atom is 0.227 e. The van der Waals surface area contributed by atoms with Gasteiger partial charge in [0.15, 0.2) is 0 Å². The smallest absolute Gasteiger partial charge is 0.227 e. The number of aliphatic hydroxyl groups excluding tert-OH is 1. The molecule has 1 aromatic rings. The Morgan fingerprint density at radius 2 is 1.92 bits per heavy atom. The minimum absolute atomic E-state index is 0.0334. The lowest BCUT2D eigenvalue weighted by atomic mass is 9.89. The fourth-order valence-corrected chi connectivity index (χ4v) is 5.70.